The molecule has 0 aliphatic carbocycles. The van der Waals surface area contributed by atoms with Crippen LogP contribution in [-0.2, 0) is 7.96 Å². The minimum Gasteiger partial charge on any atom is -0.368 e. The number of H-pyrrole nitrogens is 1. The molecule has 0 saturated carbocycles. The van der Waals surface area contributed by atoms with Gasteiger partial charge in [-0.1, -0.05) is 0 Å². The number of hydrogen-bond acceptors (Lipinski definition) is 1. The van der Waals surface area contributed by atoms with Crippen molar-refractivity contribution in [1.29, 1.82) is 0 Å². The fourth-order valence-corrected chi connectivity index (χ4v) is 0.278. The molecule has 1 heterocycles. The first-order valence-electron chi connectivity index (χ1n) is 2.05. The monoisotopic (exact) mass is 126 g/mol. The minimum atomic E-state index is -1.75. The number of aromatic amines is 1. The maximum atomic E-state index is 8.46. The fraction of sp³-hybridized carbons (Fsp3) is 0. The molecule has 8 heavy (non-hydrogen) atoms. The molecule has 0 amide bonds. The summed E-state index contributed by atoms with van der Waals surface area (Å²) in [4.78, 5) is 2.86. The summed E-state index contributed by atoms with van der Waals surface area (Å²) in [5.74, 6) is 0. The van der Waals surface area contributed by atoms with Crippen molar-refractivity contribution in [3.8, 4) is 0 Å². The van der Waals surface area contributed by atoms with E-state index in [9.17, 15) is 0 Å². The van der Waals surface area contributed by atoms with Crippen molar-refractivity contribution in [2.45, 2.75) is 0 Å². The van der Waals surface area contributed by atoms with Crippen LogP contribution >= 0.6 is 0 Å². The Labute approximate surface area is 53.6 Å². The van der Waals surface area contributed by atoms with Crippen LogP contribution in [0.15, 0.2) is 24.5 Å². The van der Waals surface area contributed by atoms with Crippen molar-refractivity contribution in [3.05, 3.63) is 24.5 Å². The van der Waals surface area contributed by atoms with E-state index in [1.807, 2.05) is 24.5 Å². The SMILES string of the molecule is [O][Al]=[O].c1cc[nH]c1. The van der Waals surface area contributed by atoms with Crippen LogP contribution in [0.1, 0.15) is 0 Å². The molecule has 0 atom stereocenters. The predicted molar refractivity (Wildman–Crippen MR) is 27.9 cm³/mol. The van der Waals surface area contributed by atoms with Crippen molar-refractivity contribution in [2.24, 2.45) is 0 Å². The molecule has 1 radical (unpaired) electrons. The second-order valence-electron chi connectivity index (χ2n) is 0.981. The molecule has 4 heteroatoms. The van der Waals surface area contributed by atoms with E-state index in [0.717, 1.165) is 0 Å². The van der Waals surface area contributed by atoms with E-state index in [4.69, 9.17) is 7.96 Å². The summed E-state index contributed by atoms with van der Waals surface area (Å²) < 4.78 is 16.9. The maximum Gasteiger partial charge on any atom is 0.000496 e. The first-order chi connectivity index (χ1) is 3.91. The predicted octanol–water partition coefficient (Wildman–Crippen LogP) is 0.396. The Morgan fingerprint density at radius 2 is 1.62 bits per heavy atom. The van der Waals surface area contributed by atoms with Gasteiger partial charge in [0.15, 0.2) is 0 Å². The van der Waals surface area contributed by atoms with Crippen LogP contribution in [0.4, 0.5) is 0 Å². The molecule has 0 aromatic carbocycles. The molecule has 41 valence electrons. The van der Waals surface area contributed by atoms with E-state index in [1.54, 1.807) is 0 Å². The van der Waals surface area contributed by atoms with E-state index in [0.29, 0.717) is 0 Å². The molecule has 0 aliphatic heterocycles. The Morgan fingerprint density at radius 1 is 1.25 bits per heavy atom. The van der Waals surface area contributed by atoms with Crippen molar-refractivity contribution in [1.82, 2.24) is 4.98 Å². The van der Waals surface area contributed by atoms with Crippen molar-refractivity contribution in [3.63, 3.8) is 0 Å². The summed E-state index contributed by atoms with van der Waals surface area (Å²) in [5, 5.41) is 0. The average Bonchev–Trinajstić information content (AvgIpc) is 2.17. The maximum absolute atomic E-state index is 8.46. The van der Waals surface area contributed by atoms with E-state index in [1.165, 1.54) is 0 Å². The first kappa shape index (κ1) is 7.41. The molecule has 1 N–H and O–H groups in total. The van der Waals surface area contributed by atoms with E-state index >= 15 is 0 Å². The minimum absolute atomic E-state index is 1.75. The van der Waals surface area contributed by atoms with Gasteiger partial charge in [-0.2, -0.15) is 0 Å². The number of nitrogens with one attached hydrogen (secondary N) is 1. The Bertz CT molecular complexity index is 100. The second-order valence-corrected chi connectivity index (χ2v) is 1.17. The zero-order chi connectivity index (χ0) is 6.24. The molecular weight excluding hydrogens is 121 g/mol. The third kappa shape index (κ3) is 5.41. The van der Waals surface area contributed by atoms with Crippen LogP contribution in [0.5, 0.6) is 0 Å². The normalized spacial score (nSPS) is 6.00. The quantitative estimate of drug-likeness (QED) is 0.502. The third-order valence-corrected chi connectivity index (χ3v) is 0.496. The standard InChI is InChI=1S/C4H5N.Al.2O/c1-2-4-5-3-1;;;/h1-5H;;;. The van der Waals surface area contributed by atoms with Crippen LogP contribution in [0.3, 0.4) is 0 Å². The summed E-state index contributed by atoms with van der Waals surface area (Å²) in [6.45, 7) is 0. The van der Waals surface area contributed by atoms with Gasteiger partial charge < -0.3 is 4.98 Å². The zero-order valence-electron chi connectivity index (χ0n) is 4.20. The molecule has 1 rings (SSSR count). The van der Waals surface area contributed by atoms with E-state index in [2.05, 4.69) is 4.98 Å². The second kappa shape index (κ2) is 6.41. The van der Waals surface area contributed by atoms with Crippen LogP contribution < -0.4 is 0 Å². The molecule has 0 bridgehead atoms. The van der Waals surface area contributed by atoms with Gasteiger partial charge in [0.05, 0.1) is 0 Å². The number of aromatic nitrogens is 1. The van der Waals surface area contributed by atoms with Gasteiger partial charge in [0.2, 0.25) is 0 Å². The van der Waals surface area contributed by atoms with Crippen LogP contribution in [0.25, 0.3) is 0 Å². The molecule has 1 aromatic rings. The van der Waals surface area contributed by atoms with Gasteiger partial charge in [-0.05, 0) is 12.1 Å². The third-order valence-electron chi connectivity index (χ3n) is 0.496. The van der Waals surface area contributed by atoms with Crippen LogP contribution in [0.2, 0.25) is 0 Å². The molecule has 1 aromatic heterocycles. The first-order valence-corrected chi connectivity index (χ1v) is 2.99. The molecule has 0 saturated heterocycles. The van der Waals surface area contributed by atoms with Crippen molar-refractivity contribution in [2.75, 3.05) is 0 Å². The van der Waals surface area contributed by atoms with Gasteiger partial charge in [0, 0.05) is 12.4 Å². The van der Waals surface area contributed by atoms with Crippen molar-refractivity contribution < 1.29 is 7.96 Å². The van der Waals surface area contributed by atoms with E-state index < -0.39 is 15.5 Å². The molecule has 3 nitrogen and oxygen atoms in total. The zero-order valence-corrected chi connectivity index (χ0v) is 5.36. The summed E-state index contributed by atoms with van der Waals surface area (Å²) >= 11 is -1.75. The Kier molecular flexibility index (Phi) is 5.94. The number of rotatable bonds is 0. The molecule has 0 unspecified atom stereocenters. The molecular formula is C4H5AlNO2. The Balaban J connectivity index is 0.000000145. The summed E-state index contributed by atoms with van der Waals surface area (Å²) in [6, 6.07) is 3.89. The van der Waals surface area contributed by atoms with Gasteiger partial charge >= 0.3 is 23.4 Å². The smallest absolute Gasteiger partial charge is 0.000496 e. The molecule has 0 aliphatic rings. The van der Waals surface area contributed by atoms with Crippen LogP contribution in [-0.4, -0.2) is 20.5 Å². The summed E-state index contributed by atoms with van der Waals surface area (Å²) in [7, 11) is 0. The van der Waals surface area contributed by atoms with Crippen molar-refractivity contribution >= 4 is 15.5 Å². The average molecular weight is 126 g/mol. The fourth-order valence-electron chi connectivity index (χ4n) is 0.278. The Morgan fingerprint density at radius 3 is 1.75 bits per heavy atom. The Hall–Kier alpha value is -0.588. The van der Waals surface area contributed by atoms with Crippen LogP contribution in [0, 0.1) is 0 Å². The van der Waals surface area contributed by atoms with Gasteiger partial charge in [0.1, 0.15) is 0 Å². The number of hydrogen-bond donors (Lipinski definition) is 1. The molecule has 0 fully saturated rings. The van der Waals surface area contributed by atoms with Gasteiger partial charge in [-0.15, -0.1) is 0 Å². The topological polar surface area (TPSA) is 52.8 Å². The summed E-state index contributed by atoms with van der Waals surface area (Å²) in [6.07, 6.45) is 3.75. The van der Waals surface area contributed by atoms with Gasteiger partial charge in [-0.3, -0.25) is 0 Å². The summed E-state index contributed by atoms with van der Waals surface area (Å²) in [5.41, 5.74) is 0. The molecule has 0 spiro atoms. The van der Waals surface area contributed by atoms with Gasteiger partial charge in [-0.25, -0.2) is 0 Å². The van der Waals surface area contributed by atoms with E-state index in [-0.39, 0.29) is 0 Å². The largest absolute Gasteiger partial charge is 0.368 e. The van der Waals surface area contributed by atoms with Gasteiger partial charge in [0.25, 0.3) is 0 Å².